The summed E-state index contributed by atoms with van der Waals surface area (Å²) in [4.78, 5) is 72.5. The van der Waals surface area contributed by atoms with Crippen LogP contribution in [0.2, 0.25) is 0 Å². The molecular weight excluding hydrogens is 1210 g/mol. The summed E-state index contributed by atoms with van der Waals surface area (Å²) in [6.07, 6.45) is 51.4. The van der Waals surface area contributed by atoms with Gasteiger partial charge in [0.2, 0.25) is 0 Å². The zero-order chi connectivity index (χ0) is 67.9. The van der Waals surface area contributed by atoms with Crippen LogP contribution in [0.4, 0.5) is 0 Å². The predicted molar refractivity (Wildman–Crippen MR) is 372 cm³/mol. The van der Waals surface area contributed by atoms with E-state index >= 15 is 0 Å². The van der Waals surface area contributed by atoms with E-state index in [4.69, 9.17) is 37.0 Å². The maximum Gasteiger partial charge on any atom is 0.472 e. The standard InChI is InChI=1S/C73H142O17P2/c1-7-11-13-15-17-19-32-36-43-49-55-70(75)83-61-68(89-72(77)57-51-45-37-33-20-18-16-14-12-8-2)63-87-91(79,80)85-59-67(74)60-86-92(81,82)88-64-69(62-84-71(76)56-50-44-40-39-42-48-54-66(6)10-4)90-73(78)58-52-46-38-34-30-28-26-24-22-21-23-25-27-29-31-35-41-47-53-65(5)9-3/h65-69,74H,7-64H2,1-6H3,(H,79,80)(H,81,82)/t65?,66?,67-,68+,69+/m0/s1. The summed E-state index contributed by atoms with van der Waals surface area (Å²) in [5.74, 6) is -0.521. The Kier molecular flexibility index (Phi) is 63.7. The SMILES string of the molecule is CCCCCCCCCCCCC(=O)OC[C@H](COP(=O)(O)OC[C@H](O)COP(=O)(O)OC[C@@H](COC(=O)CCCCCCCCC(C)CC)OC(=O)CCCCCCCCCCCCCCCCCCCCC(C)CC)OC(=O)CCCCCCCCCCCC. The third kappa shape index (κ3) is 64.1. The Morgan fingerprint density at radius 3 is 0.772 bits per heavy atom. The summed E-state index contributed by atoms with van der Waals surface area (Å²) >= 11 is 0. The number of aliphatic hydroxyl groups is 1. The molecule has 0 bridgehead atoms. The van der Waals surface area contributed by atoms with Gasteiger partial charge in [-0.3, -0.25) is 37.3 Å². The number of esters is 4. The largest absolute Gasteiger partial charge is 0.472 e. The maximum absolute atomic E-state index is 13.0. The predicted octanol–water partition coefficient (Wildman–Crippen LogP) is 21.2. The van der Waals surface area contributed by atoms with Crippen molar-refractivity contribution in [3.63, 3.8) is 0 Å². The normalized spacial score (nSPS) is 14.7. The van der Waals surface area contributed by atoms with Crippen LogP contribution in [0.15, 0.2) is 0 Å². The zero-order valence-corrected chi connectivity index (χ0v) is 61.6. The van der Waals surface area contributed by atoms with Crippen molar-refractivity contribution in [1.29, 1.82) is 0 Å². The van der Waals surface area contributed by atoms with E-state index in [1.54, 1.807) is 0 Å². The number of aliphatic hydroxyl groups excluding tert-OH is 1. The third-order valence-corrected chi connectivity index (χ3v) is 19.6. The molecule has 4 unspecified atom stereocenters. The highest BCUT2D eigenvalue weighted by atomic mass is 31.2. The lowest BCUT2D eigenvalue weighted by molar-refractivity contribution is -0.161. The van der Waals surface area contributed by atoms with Crippen molar-refractivity contribution in [3.8, 4) is 0 Å². The van der Waals surface area contributed by atoms with Gasteiger partial charge in [-0.1, -0.05) is 324 Å². The molecule has 0 aromatic carbocycles. The van der Waals surface area contributed by atoms with Gasteiger partial charge in [-0.05, 0) is 37.5 Å². The lowest BCUT2D eigenvalue weighted by Gasteiger charge is -2.21. The van der Waals surface area contributed by atoms with Crippen LogP contribution in [0.25, 0.3) is 0 Å². The Labute approximate surface area is 562 Å². The van der Waals surface area contributed by atoms with E-state index in [2.05, 4.69) is 41.5 Å². The number of ether oxygens (including phenoxy) is 4. The first-order chi connectivity index (χ1) is 44.4. The molecule has 0 saturated carbocycles. The summed E-state index contributed by atoms with van der Waals surface area (Å²) in [7, 11) is -9.90. The van der Waals surface area contributed by atoms with Gasteiger partial charge in [0, 0.05) is 25.7 Å². The van der Waals surface area contributed by atoms with Crippen LogP contribution in [0.5, 0.6) is 0 Å². The van der Waals surface area contributed by atoms with E-state index in [-0.39, 0.29) is 25.7 Å². The van der Waals surface area contributed by atoms with Gasteiger partial charge in [-0.25, -0.2) is 9.13 Å². The van der Waals surface area contributed by atoms with Gasteiger partial charge in [0.05, 0.1) is 26.4 Å². The average molecular weight is 1350 g/mol. The summed E-state index contributed by atoms with van der Waals surface area (Å²) in [5.41, 5.74) is 0. The fourth-order valence-electron chi connectivity index (χ4n) is 11.1. The molecule has 0 aliphatic rings. The van der Waals surface area contributed by atoms with E-state index in [0.717, 1.165) is 108 Å². The fraction of sp³-hybridized carbons (Fsp3) is 0.945. The minimum atomic E-state index is -4.95. The molecule has 3 N–H and O–H groups in total. The van der Waals surface area contributed by atoms with Crippen LogP contribution in [-0.2, 0) is 65.4 Å². The van der Waals surface area contributed by atoms with E-state index in [1.807, 2.05) is 0 Å². The fourth-order valence-corrected chi connectivity index (χ4v) is 12.6. The average Bonchev–Trinajstić information content (AvgIpc) is 3.18. The van der Waals surface area contributed by atoms with Crippen molar-refractivity contribution >= 4 is 39.5 Å². The molecule has 7 atom stereocenters. The molecule has 0 rings (SSSR count). The number of hydrogen-bond acceptors (Lipinski definition) is 15. The Morgan fingerprint density at radius 2 is 0.522 bits per heavy atom. The van der Waals surface area contributed by atoms with Gasteiger partial charge in [0.25, 0.3) is 0 Å². The van der Waals surface area contributed by atoms with Crippen LogP contribution in [0.1, 0.15) is 375 Å². The van der Waals surface area contributed by atoms with Crippen molar-refractivity contribution in [2.45, 2.75) is 394 Å². The number of phosphoric acid groups is 2. The molecule has 0 aromatic heterocycles. The number of carbonyl (C=O) groups excluding carboxylic acids is 4. The van der Waals surface area contributed by atoms with Gasteiger partial charge in [-0.2, -0.15) is 0 Å². The quantitative estimate of drug-likeness (QED) is 0.0222. The number of phosphoric ester groups is 2. The number of unbranched alkanes of at least 4 members (excludes halogenated alkanes) is 40. The molecule has 0 heterocycles. The molecule has 0 amide bonds. The molecule has 0 aliphatic carbocycles. The summed E-state index contributed by atoms with van der Waals surface area (Å²) < 4.78 is 68.3. The first-order valence-electron chi connectivity index (χ1n) is 38.1. The Bertz CT molecular complexity index is 1790. The highest BCUT2D eigenvalue weighted by Crippen LogP contribution is 2.45. The van der Waals surface area contributed by atoms with Crippen molar-refractivity contribution in [3.05, 3.63) is 0 Å². The molecule has 0 radical (unpaired) electrons. The van der Waals surface area contributed by atoms with E-state index < -0.39 is 97.5 Å². The highest BCUT2D eigenvalue weighted by Gasteiger charge is 2.30. The minimum Gasteiger partial charge on any atom is -0.462 e. The van der Waals surface area contributed by atoms with Gasteiger partial charge in [0.1, 0.15) is 19.3 Å². The van der Waals surface area contributed by atoms with Crippen LogP contribution >= 0.6 is 15.6 Å². The molecule has 0 spiro atoms. The van der Waals surface area contributed by atoms with Crippen molar-refractivity contribution in [2.75, 3.05) is 39.6 Å². The van der Waals surface area contributed by atoms with Gasteiger partial charge in [-0.15, -0.1) is 0 Å². The second-order valence-electron chi connectivity index (χ2n) is 26.8. The Morgan fingerprint density at radius 1 is 0.304 bits per heavy atom. The second kappa shape index (κ2) is 65.0. The van der Waals surface area contributed by atoms with E-state index in [1.165, 1.54) is 186 Å². The van der Waals surface area contributed by atoms with E-state index in [0.29, 0.717) is 25.7 Å². The molecular formula is C73H142O17P2. The van der Waals surface area contributed by atoms with Gasteiger partial charge in [0.15, 0.2) is 12.2 Å². The van der Waals surface area contributed by atoms with Crippen LogP contribution in [0.3, 0.4) is 0 Å². The number of rotatable bonds is 72. The first kappa shape index (κ1) is 90.1. The molecule has 17 nitrogen and oxygen atoms in total. The number of carbonyl (C=O) groups is 4. The molecule has 92 heavy (non-hydrogen) atoms. The Hall–Kier alpha value is -1.94. The van der Waals surface area contributed by atoms with Crippen molar-refractivity contribution in [2.24, 2.45) is 11.8 Å². The summed E-state index contributed by atoms with van der Waals surface area (Å²) in [6, 6.07) is 0. The lowest BCUT2D eigenvalue weighted by Crippen LogP contribution is -2.30. The topological polar surface area (TPSA) is 237 Å². The summed E-state index contributed by atoms with van der Waals surface area (Å²) in [6.45, 7) is 9.58. The molecule has 546 valence electrons. The van der Waals surface area contributed by atoms with Crippen LogP contribution in [-0.4, -0.2) is 96.7 Å². The zero-order valence-electron chi connectivity index (χ0n) is 59.9. The van der Waals surface area contributed by atoms with Crippen molar-refractivity contribution in [1.82, 2.24) is 0 Å². The summed E-state index contributed by atoms with van der Waals surface area (Å²) in [5, 5.41) is 10.6. The van der Waals surface area contributed by atoms with Crippen LogP contribution < -0.4 is 0 Å². The first-order valence-corrected chi connectivity index (χ1v) is 41.1. The minimum absolute atomic E-state index is 0.106. The molecule has 0 fully saturated rings. The Balaban J connectivity index is 5.14. The monoisotopic (exact) mass is 1350 g/mol. The molecule has 19 heteroatoms. The van der Waals surface area contributed by atoms with Crippen molar-refractivity contribution < 1.29 is 80.2 Å². The second-order valence-corrected chi connectivity index (χ2v) is 29.7. The maximum atomic E-state index is 13.0. The smallest absolute Gasteiger partial charge is 0.462 e. The van der Waals surface area contributed by atoms with Gasteiger partial charge < -0.3 is 33.8 Å². The highest BCUT2D eigenvalue weighted by molar-refractivity contribution is 7.47. The third-order valence-electron chi connectivity index (χ3n) is 17.7. The molecule has 0 saturated heterocycles. The number of hydrogen-bond donors (Lipinski definition) is 3. The van der Waals surface area contributed by atoms with E-state index in [9.17, 15) is 43.2 Å². The lowest BCUT2D eigenvalue weighted by atomic mass is 9.99. The van der Waals surface area contributed by atoms with Crippen LogP contribution in [0, 0.1) is 11.8 Å². The molecule has 0 aliphatic heterocycles. The van der Waals surface area contributed by atoms with Gasteiger partial charge >= 0.3 is 39.5 Å². The molecule has 0 aromatic rings.